The van der Waals surface area contributed by atoms with Crippen LogP contribution in [0, 0.1) is 6.92 Å². The molecule has 1 N–H and O–H groups in total. The number of rotatable bonds is 5. The summed E-state index contributed by atoms with van der Waals surface area (Å²) in [5.74, 6) is 0.948. The van der Waals surface area contributed by atoms with Gasteiger partial charge < -0.3 is 19.2 Å². The van der Waals surface area contributed by atoms with Gasteiger partial charge >= 0.3 is 5.63 Å². The standard InChI is InChI=1S/C22H21NO5/c1-13-9-18(21-16-7-4-8-17(16)22(25)28-19(21)10-13)27-12-20(24)23-14-5-3-6-15(11-14)26-2/h3,5-6,9-11H,4,7-8,12H2,1-2H3,(H,23,24). The summed E-state index contributed by atoms with van der Waals surface area (Å²) in [6, 6.07) is 10.8. The zero-order valence-corrected chi connectivity index (χ0v) is 15.8. The minimum Gasteiger partial charge on any atom is -0.497 e. The molecule has 1 amide bonds. The van der Waals surface area contributed by atoms with E-state index in [0.717, 1.165) is 41.3 Å². The van der Waals surface area contributed by atoms with E-state index < -0.39 is 0 Å². The summed E-state index contributed by atoms with van der Waals surface area (Å²) in [4.78, 5) is 24.5. The summed E-state index contributed by atoms with van der Waals surface area (Å²) in [6.07, 6.45) is 2.45. The number of carbonyl (C=O) groups excluding carboxylic acids is 1. The highest BCUT2D eigenvalue weighted by molar-refractivity contribution is 5.93. The Morgan fingerprint density at radius 2 is 2.00 bits per heavy atom. The van der Waals surface area contributed by atoms with Gasteiger partial charge in [0.15, 0.2) is 6.61 Å². The minimum absolute atomic E-state index is 0.149. The molecule has 1 aliphatic carbocycles. The van der Waals surface area contributed by atoms with Crippen molar-refractivity contribution in [2.75, 3.05) is 19.0 Å². The van der Waals surface area contributed by atoms with Gasteiger partial charge in [-0.25, -0.2) is 4.79 Å². The van der Waals surface area contributed by atoms with Gasteiger partial charge in [0.05, 0.1) is 12.5 Å². The van der Waals surface area contributed by atoms with Crippen LogP contribution >= 0.6 is 0 Å². The fourth-order valence-corrected chi connectivity index (χ4v) is 3.66. The lowest BCUT2D eigenvalue weighted by molar-refractivity contribution is -0.118. The van der Waals surface area contributed by atoms with Gasteiger partial charge in [-0.15, -0.1) is 0 Å². The Labute approximate surface area is 162 Å². The molecule has 0 bridgehead atoms. The molecule has 2 aromatic carbocycles. The van der Waals surface area contributed by atoms with E-state index in [0.29, 0.717) is 22.8 Å². The third kappa shape index (κ3) is 3.45. The van der Waals surface area contributed by atoms with E-state index in [2.05, 4.69) is 5.32 Å². The number of hydrogen-bond acceptors (Lipinski definition) is 5. The molecule has 28 heavy (non-hydrogen) atoms. The van der Waals surface area contributed by atoms with Crippen LogP contribution in [0.15, 0.2) is 45.6 Å². The molecule has 0 spiro atoms. The Morgan fingerprint density at radius 1 is 1.18 bits per heavy atom. The molecule has 0 unspecified atom stereocenters. The van der Waals surface area contributed by atoms with E-state index in [1.165, 1.54) is 0 Å². The topological polar surface area (TPSA) is 77.8 Å². The zero-order valence-electron chi connectivity index (χ0n) is 15.8. The Kier molecular flexibility index (Phi) is 4.77. The van der Waals surface area contributed by atoms with Crippen molar-refractivity contribution in [1.29, 1.82) is 0 Å². The van der Waals surface area contributed by atoms with E-state index in [1.807, 2.05) is 19.1 Å². The van der Waals surface area contributed by atoms with Crippen molar-refractivity contribution in [3.63, 3.8) is 0 Å². The van der Waals surface area contributed by atoms with Crippen LogP contribution in [0.25, 0.3) is 11.0 Å². The van der Waals surface area contributed by atoms with Gasteiger partial charge in [0, 0.05) is 17.3 Å². The second-order valence-corrected chi connectivity index (χ2v) is 6.91. The molecule has 1 aliphatic rings. The molecule has 3 aromatic rings. The summed E-state index contributed by atoms with van der Waals surface area (Å²) in [5, 5.41) is 3.59. The molecule has 1 aromatic heterocycles. The molecule has 6 heteroatoms. The third-order valence-electron chi connectivity index (χ3n) is 4.89. The summed E-state index contributed by atoms with van der Waals surface area (Å²) in [6.45, 7) is 1.75. The molecular weight excluding hydrogens is 358 g/mol. The SMILES string of the molecule is COc1cccc(NC(=O)COc2cc(C)cc3oc(=O)c4c(c23)CCC4)c1. The maximum Gasteiger partial charge on any atom is 0.339 e. The quantitative estimate of drug-likeness (QED) is 0.685. The number of fused-ring (bicyclic) bond motifs is 3. The van der Waals surface area contributed by atoms with Crippen molar-refractivity contribution < 1.29 is 18.7 Å². The van der Waals surface area contributed by atoms with Gasteiger partial charge in [-0.3, -0.25) is 4.79 Å². The second kappa shape index (κ2) is 7.38. The first-order valence-electron chi connectivity index (χ1n) is 9.21. The number of aryl methyl sites for hydroxylation is 2. The predicted octanol–water partition coefficient (Wildman–Crippen LogP) is 3.62. The Balaban J connectivity index is 1.58. The summed E-state index contributed by atoms with van der Waals surface area (Å²) >= 11 is 0. The van der Waals surface area contributed by atoms with Crippen LogP contribution in [0.2, 0.25) is 0 Å². The average Bonchev–Trinajstić information content (AvgIpc) is 3.16. The monoisotopic (exact) mass is 379 g/mol. The zero-order chi connectivity index (χ0) is 19.7. The summed E-state index contributed by atoms with van der Waals surface area (Å²) in [7, 11) is 1.57. The fraction of sp³-hybridized carbons (Fsp3) is 0.273. The van der Waals surface area contributed by atoms with Crippen molar-refractivity contribution in [1.82, 2.24) is 0 Å². The van der Waals surface area contributed by atoms with Gasteiger partial charge in [0.25, 0.3) is 5.91 Å². The van der Waals surface area contributed by atoms with Gasteiger partial charge in [-0.2, -0.15) is 0 Å². The van der Waals surface area contributed by atoms with Crippen LogP contribution in [-0.2, 0) is 17.6 Å². The van der Waals surface area contributed by atoms with E-state index >= 15 is 0 Å². The molecule has 4 rings (SSSR count). The van der Waals surface area contributed by atoms with Crippen molar-refractivity contribution >= 4 is 22.6 Å². The molecule has 144 valence electrons. The smallest absolute Gasteiger partial charge is 0.339 e. The van der Waals surface area contributed by atoms with Gasteiger partial charge in [-0.1, -0.05) is 6.07 Å². The molecule has 0 aliphatic heterocycles. The number of anilines is 1. The van der Waals surface area contributed by atoms with Crippen molar-refractivity contribution in [3.05, 3.63) is 63.5 Å². The van der Waals surface area contributed by atoms with Crippen LogP contribution in [0.1, 0.15) is 23.1 Å². The number of carbonyl (C=O) groups is 1. The first-order valence-corrected chi connectivity index (χ1v) is 9.21. The number of benzene rings is 2. The molecule has 0 radical (unpaired) electrons. The minimum atomic E-state index is -0.281. The second-order valence-electron chi connectivity index (χ2n) is 6.91. The molecule has 0 saturated carbocycles. The van der Waals surface area contributed by atoms with Crippen molar-refractivity contribution in [2.45, 2.75) is 26.2 Å². The first kappa shape index (κ1) is 18.1. The lowest BCUT2D eigenvalue weighted by Crippen LogP contribution is -2.20. The van der Waals surface area contributed by atoms with Gasteiger partial charge in [0.1, 0.15) is 17.1 Å². The van der Waals surface area contributed by atoms with E-state index in [-0.39, 0.29) is 18.1 Å². The number of methoxy groups -OCH3 is 1. The largest absolute Gasteiger partial charge is 0.497 e. The highest BCUT2D eigenvalue weighted by Gasteiger charge is 2.22. The lowest BCUT2D eigenvalue weighted by atomic mass is 10.0. The third-order valence-corrected chi connectivity index (χ3v) is 4.89. The maximum absolute atomic E-state index is 12.3. The van der Waals surface area contributed by atoms with Crippen LogP contribution in [0.3, 0.4) is 0 Å². The van der Waals surface area contributed by atoms with Crippen molar-refractivity contribution in [3.8, 4) is 11.5 Å². The first-order chi connectivity index (χ1) is 13.5. The Hall–Kier alpha value is -3.28. The van der Waals surface area contributed by atoms with Crippen LogP contribution in [-0.4, -0.2) is 19.6 Å². The van der Waals surface area contributed by atoms with E-state index in [4.69, 9.17) is 13.9 Å². The molecule has 6 nitrogen and oxygen atoms in total. The van der Waals surface area contributed by atoms with E-state index in [1.54, 1.807) is 31.4 Å². The molecule has 1 heterocycles. The predicted molar refractivity (Wildman–Crippen MR) is 106 cm³/mol. The highest BCUT2D eigenvalue weighted by Crippen LogP contribution is 2.35. The average molecular weight is 379 g/mol. The summed E-state index contributed by atoms with van der Waals surface area (Å²) in [5.41, 5.74) is 3.48. The normalized spacial score (nSPS) is 12.6. The molecule has 0 fully saturated rings. The van der Waals surface area contributed by atoms with Crippen LogP contribution in [0.4, 0.5) is 5.69 Å². The molecule has 0 atom stereocenters. The highest BCUT2D eigenvalue weighted by atomic mass is 16.5. The number of ether oxygens (including phenoxy) is 2. The fourth-order valence-electron chi connectivity index (χ4n) is 3.66. The van der Waals surface area contributed by atoms with Gasteiger partial charge in [0.2, 0.25) is 0 Å². The van der Waals surface area contributed by atoms with E-state index in [9.17, 15) is 9.59 Å². The molecular formula is C22H21NO5. The lowest BCUT2D eigenvalue weighted by Gasteiger charge is -2.13. The summed E-state index contributed by atoms with van der Waals surface area (Å²) < 4.78 is 16.5. The van der Waals surface area contributed by atoms with Crippen LogP contribution < -0.4 is 20.4 Å². The van der Waals surface area contributed by atoms with Crippen molar-refractivity contribution in [2.24, 2.45) is 0 Å². The number of hydrogen-bond donors (Lipinski definition) is 1. The molecule has 0 saturated heterocycles. The Bertz CT molecular complexity index is 1120. The number of amides is 1. The van der Waals surface area contributed by atoms with Crippen LogP contribution in [0.5, 0.6) is 11.5 Å². The Morgan fingerprint density at radius 3 is 2.82 bits per heavy atom. The maximum atomic E-state index is 12.3. The number of nitrogens with one attached hydrogen (secondary N) is 1. The van der Waals surface area contributed by atoms with Gasteiger partial charge in [-0.05, 0) is 61.6 Å².